The maximum Gasteiger partial charge on any atom is 0.287 e. The fourth-order valence-electron chi connectivity index (χ4n) is 1.75. The number of nitrogens with zero attached hydrogens (tertiary/aromatic N) is 2. The van der Waals surface area contributed by atoms with Crippen molar-refractivity contribution >= 4 is 33.0 Å². The Kier molecular flexibility index (Phi) is 4.01. The molecule has 0 atom stereocenters. The van der Waals surface area contributed by atoms with E-state index < -0.39 is 4.92 Å². The third kappa shape index (κ3) is 2.95. The number of halogens is 1. The highest BCUT2D eigenvalue weighted by Crippen LogP contribution is 2.29. The van der Waals surface area contributed by atoms with E-state index in [2.05, 4.69) is 21.2 Å². The molecule has 6 heteroatoms. The molecule has 0 amide bonds. The highest BCUT2D eigenvalue weighted by Gasteiger charge is 2.14. The molecule has 2 aromatic rings. The second-order valence-corrected chi connectivity index (χ2v) is 5.06. The molecule has 0 aliphatic rings. The lowest BCUT2D eigenvalue weighted by Gasteiger charge is -2.09. The predicted molar refractivity (Wildman–Crippen MR) is 80.0 cm³/mol. The molecule has 2 aromatic carbocycles. The minimum absolute atomic E-state index is 0.0313. The Morgan fingerprint density at radius 2 is 2.05 bits per heavy atom. The standard InChI is InChI=1S/C14H10BrN3O2/c1-9-2-4-12(15)13(6-9)17-11-3-5-14(18(19)20)10(7-11)8-16/h2-7,17H,1H3. The predicted octanol–water partition coefficient (Wildman–Crippen LogP) is 4.28. The summed E-state index contributed by atoms with van der Waals surface area (Å²) in [6.45, 7) is 1.97. The lowest BCUT2D eigenvalue weighted by Crippen LogP contribution is -1.96. The number of benzene rings is 2. The van der Waals surface area contributed by atoms with Crippen LogP contribution in [0.3, 0.4) is 0 Å². The quantitative estimate of drug-likeness (QED) is 0.672. The highest BCUT2D eigenvalue weighted by atomic mass is 79.9. The van der Waals surface area contributed by atoms with E-state index in [1.54, 1.807) is 6.07 Å². The molecule has 0 spiro atoms. The van der Waals surface area contributed by atoms with Crippen LogP contribution >= 0.6 is 15.9 Å². The molecule has 2 rings (SSSR count). The first-order valence-electron chi connectivity index (χ1n) is 5.73. The second-order valence-electron chi connectivity index (χ2n) is 4.21. The van der Waals surface area contributed by atoms with Gasteiger partial charge in [0.15, 0.2) is 0 Å². The molecule has 0 radical (unpaired) electrons. The third-order valence-corrected chi connectivity index (χ3v) is 3.41. The molecule has 0 saturated heterocycles. The normalized spacial score (nSPS) is 9.85. The average molecular weight is 332 g/mol. The molecule has 0 aliphatic carbocycles. The fraction of sp³-hybridized carbons (Fsp3) is 0.0714. The van der Waals surface area contributed by atoms with E-state index in [0.29, 0.717) is 5.69 Å². The molecule has 0 unspecified atom stereocenters. The zero-order valence-corrected chi connectivity index (χ0v) is 12.1. The maximum atomic E-state index is 10.8. The Hall–Kier alpha value is -2.39. The second kappa shape index (κ2) is 5.72. The highest BCUT2D eigenvalue weighted by molar-refractivity contribution is 9.10. The molecular weight excluding hydrogens is 322 g/mol. The third-order valence-electron chi connectivity index (χ3n) is 2.71. The van der Waals surface area contributed by atoms with E-state index in [4.69, 9.17) is 5.26 Å². The Bertz CT molecular complexity index is 723. The molecule has 1 N–H and O–H groups in total. The van der Waals surface area contributed by atoms with E-state index >= 15 is 0 Å². The molecular formula is C14H10BrN3O2. The summed E-state index contributed by atoms with van der Waals surface area (Å²) in [5, 5.41) is 22.9. The molecule has 0 heterocycles. The van der Waals surface area contributed by atoms with Gasteiger partial charge in [-0.25, -0.2) is 0 Å². The Labute approximate surface area is 124 Å². The van der Waals surface area contributed by atoms with Crippen molar-refractivity contribution in [1.29, 1.82) is 5.26 Å². The van der Waals surface area contributed by atoms with Crippen molar-refractivity contribution in [3.63, 3.8) is 0 Å². The minimum Gasteiger partial charge on any atom is -0.355 e. The summed E-state index contributed by atoms with van der Waals surface area (Å²) in [6.07, 6.45) is 0. The molecule has 0 saturated carbocycles. The summed E-state index contributed by atoms with van der Waals surface area (Å²) in [5.74, 6) is 0. The fourth-order valence-corrected chi connectivity index (χ4v) is 2.10. The summed E-state index contributed by atoms with van der Waals surface area (Å²) in [7, 11) is 0. The van der Waals surface area contributed by atoms with Crippen molar-refractivity contribution < 1.29 is 4.92 Å². The van der Waals surface area contributed by atoms with Crippen LogP contribution in [0.25, 0.3) is 0 Å². The minimum atomic E-state index is -0.565. The zero-order valence-electron chi connectivity index (χ0n) is 10.6. The van der Waals surface area contributed by atoms with Gasteiger partial charge in [0.05, 0.1) is 10.6 Å². The van der Waals surface area contributed by atoms with E-state index in [1.165, 1.54) is 12.1 Å². The van der Waals surface area contributed by atoms with Crippen LogP contribution in [-0.4, -0.2) is 4.92 Å². The number of hydrogen-bond acceptors (Lipinski definition) is 4. The van der Waals surface area contributed by atoms with Gasteiger partial charge in [0.25, 0.3) is 5.69 Å². The van der Waals surface area contributed by atoms with Crippen molar-refractivity contribution in [3.05, 3.63) is 62.1 Å². The maximum absolute atomic E-state index is 10.8. The van der Waals surface area contributed by atoms with Crippen molar-refractivity contribution in [3.8, 4) is 6.07 Å². The van der Waals surface area contributed by atoms with E-state index in [0.717, 1.165) is 15.7 Å². The number of anilines is 2. The number of nitrogens with one attached hydrogen (secondary N) is 1. The van der Waals surface area contributed by atoms with Gasteiger partial charge in [0.1, 0.15) is 11.6 Å². The Morgan fingerprint density at radius 1 is 1.30 bits per heavy atom. The van der Waals surface area contributed by atoms with Gasteiger partial charge < -0.3 is 5.32 Å². The van der Waals surface area contributed by atoms with Gasteiger partial charge in [-0.05, 0) is 52.7 Å². The van der Waals surface area contributed by atoms with Crippen LogP contribution in [0.5, 0.6) is 0 Å². The van der Waals surface area contributed by atoms with E-state index in [1.807, 2.05) is 31.2 Å². The van der Waals surface area contributed by atoms with Crippen LogP contribution in [0.4, 0.5) is 17.1 Å². The van der Waals surface area contributed by atoms with Gasteiger partial charge in [-0.15, -0.1) is 0 Å². The van der Waals surface area contributed by atoms with E-state index in [-0.39, 0.29) is 11.3 Å². The van der Waals surface area contributed by atoms with Gasteiger partial charge in [-0.1, -0.05) is 6.07 Å². The molecule has 5 nitrogen and oxygen atoms in total. The Balaban J connectivity index is 2.38. The lowest BCUT2D eigenvalue weighted by molar-refractivity contribution is -0.385. The monoisotopic (exact) mass is 331 g/mol. The number of nitriles is 1. The summed E-state index contributed by atoms with van der Waals surface area (Å²) in [4.78, 5) is 10.2. The summed E-state index contributed by atoms with van der Waals surface area (Å²) in [5.41, 5.74) is 2.38. The summed E-state index contributed by atoms with van der Waals surface area (Å²) < 4.78 is 0.875. The van der Waals surface area contributed by atoms with Crippen molar-refractivity contribution in [1.82, 2.24) is 0 Å². The van der Waals surface area contributed by atoms with Crippen LogP contribution in [-0.2, 0) is 0 Å². The van der Waals surface area contributed by atoms with Gasteiger partial charge in [0, 0.05) is 16.2 Å². The van der Waals surface area contributed by atoms with Gasteiger partial charge in [-0.2, -0.15) is 5.26 Å². The molecule has 0 aromatic heterocycles. The average Bonchev–Trinajstić information content (AvgIpc) is 2.42. The van der Waals surface area contributed by atoms with E-state index in [9.17, 15) is 10.1 Å². The SMILES string of the molecule is Cc1ccc(Br)c(Nc2ccc([N+](=O)[O-])c(C#N)c2)c1. The van der Waals surface area contributed by atoms with Crippen molar-refractivity contribution in [2.45, 2.75) is 6.92 Å². The zero-order chi connectivity index (χ0) is 14.7. The summed E-state index contributed by atoms with van der Waals surface area (Å²) in [6, 6.07) is 12.0. The topological polar surface area (TPSA) is 79.0 Å². The Morgan fingerprint density at radius 3 is 2.70 bits per heavy atom. The molecule has 0 fully saturated rings. The first kappa shape index (κ1) is 14.0. The largest absolute Gasteiger partial charge is 0.355 e. The molecule has 0 aliphatic heterocycles. The first-order valence-corrected chi connectivity index (χ1v) is 6.52. The number of aryl methyl sites for hydroxylation is 1. The molecule has 0 bridgehead atoms. The number of nitro groups is 1. The summed E-state index contributed by atoms with van der Waals surface area (Å²) >= 11 is 3.43. The smallest absolute Gasteiger partial charge is 0.287 e. The number of nitro benzene ring substituents is 1. The van der Waals surface area contributed by atoms with Crippen molar-refractivity contribution in [2.24, 2.45) is 0 Å². The van der Waals surface area contributed by atoms with Crippen LogP contribution in [0.2, 0.25) is 0 Å². The lowest BCUT2D eigenvalue weighted by atomic mass is 10.1. The van der Waals surface area contributed by atoms with Crippen LogP contribution < -0.4 is 5.32 Å². The van der Waals surface area contributed by atoms with Crippen molar-refractivity contribution in [2.75, 3.05) is 5.32 Å². The molecule has 100 valence electrons. The van der Waals surface area contributed by atoms with Crippen LogP contribution in [0.1, 0.15) is 11.1 Å². The number of hydrogen-bond donors (Lipinski definition) is 1. The van der Waals surface area contributed by atoms with Gasteiger partial charge >= 0.3 is 0 Å². The molecule has 20 heavy (non-hydrogen) atoms. The first-order chi connectivity index (χ1) is 9.51. The van der Waals surface area contributed by atoms with Crippen LogP contribution in [0.15, 0.2) is 40.9 Å². The van der Waals surface area contributed by atoms with Crippen LogP contribution in [0, 0.1) is 28.4 Å². The number of rotatable bonds is 3. The van der Waals surface area contributed by atoms with Gasteiger partial charge in [-0.3, -0.25) is 10.1 Å². The van der Waals surface area contributed by atoms with Gasteiger partial charge in [0.2, 0.25) is 0 Å².